The van der Waals surface area contributed by atoms with Gasteiger partial charge in [0.05, 0.1) is 15.6 Å². The van der Waals surface area contributed by atoms with Crippen molar-refractivity contribution in [1.82, 2.24) is 4.90 Å². The van der Waals surface area contributed by atoms with Crippen LogP contribution >= 0.6 is 46.6 Å². The van der Waals surface area contributed by atoms with Crippen LogP contribution in [0.3, 0.4) is 0 Å². The van der Waals surface area contributed by atoms with Crippen LogP contribution in [0.2, 0.25) is 15.1 Å². The molecule has 0 spiro atoms. The zero-order valence-electron chi connectivity index (χ0n) is 16.5. The van der Waals surface area contributed by atoms with Crippen molar-refractivity contribution in [2.24, 2.45) is 0 Å². The Hall–Kier alpha value is -1.16. The second-order valence-electron chi connectivity index (χ2n) is 7.09. The molecule has 0 bridgehead atoms. The van der Waals surface area contributed by atoms with Gasteiger partial charge in [-0.3, -0.25) is 9.21 Å². The van der Waals surface area contributed by atoms with Gasteiger partial charge in [-0.15, -0.1) is 11.8 Å². The van der Waals surface area contributed by atoms with Crippen molar-refractivity contribution < 1.29 is 18.3 Å². The molecule has 11 heteroatoms. The summed E-state index contributed by atoms with van der Waals surface area (Å²) in [5.41, 5.74) is 0.266. The van der Waals surface area contributed by atoms with Crippen LogP contribution in [0, 0.1) is 0 Å². The molecule has 1 aliphatic heterocycles. The summed E-state index contributed by atoms with van der Waals surface area (Å²) < 4.78 is 28.4. The summed E-state index contributed by atoms with van der Waals surface area (Å²) in [6.45, 7) is 2.83. The third-order valence-electron chi connectivity index (χ3n) is 4.95. The van der Waals surface area contributed by atoms with Gasteiger partial charge in [0.1, 0.15) is 0 Å². The third kappa shape index (κ3) is 5.61. The largest absolute Gasteiger partial charge is 0.479 e. The molecule has 31 heavy (non-hydrogen) atoms. The lowest BCUT2D eigenvalue weighted by atomic mass is 10.2. The molecule has 1 aliphatic rings. The second-order valence-corrected chi connectivity index (χ2v) is 11.4. The maximum atomic E-state index is 13.6. The van der Waals surface area contributed by atoms with Crippen molar-refractivity contribution in [1.29, 1.82) is 0 Å². The molecule has 0 amide bonds. The lowest BCUT2D eigenvalue weighted by Crippen LogP contribution is -2.42. The fourth-order valence-electron chi connectivity index (χ4n) is 3.41. The number of carboxylic acid groups (broad SMARTS) is 1. The van der Waals surface area contributed by atoms with Crippen molar-refractivity contribution in [2.45, 2.75) is 29.7 Å². The quantitative estimate of drug-likeness (QED) is 0.520. The van der Waals surface area contributed by atoms with Crippen LogP contribution < -0.4 is 4.31 Å². The molecule has 2 atom stereocenters. The zero-order valence-corrected chi connectivity index (χ0v) is 20.4. The second kappa shape index (κ2) is 10.2. The van der Waals surface area contributed by atoms with E-state index in [1.807, 2.05) is 4.90 Å². The first-order valence-corrected chi connectivity index (χ1v) is 13.1. The predicted octanol–water partition coefficient (Wildman–Crippen LogP) is 5.08. The van der Waals surface area contributed by atoms with E-state index in [0.717, 1.165) is 5.75 Å². The molecular formula is C20H21Cl3N2O4S2. The van der Waals surface area contributed by atoms with Gasteiger partial charge in [0.2, 0.25) is 0 Å². The topological polar surface area (TPSA) is 77.9 Å². The van der Waals surface area contributed by atoms with Crippen LogP contribution in [0.1, 0.15) is 13.3 Å². The van der Waals surface area contributed by atoms with E-state index in [2.05, 4.69) is 0 Å². The number of halogens is 3. The Kier molecular flexibility index (Phi) is 8.05. The highest BCUT2D eigenvalue weighted by molar-refractivity contribution is 8.00. The molecule has 0 aromatic heterocycles. The summed E-state index contributed by atoms with van der Waals surface area (Å²) in [6, 6.07) is 10.0. The summed E-state index contributed by atoms with van der Waals surface area (Å²) in [7, 11) is -3.99. The number of rotatable bonds is 8. The normalized spacial score (nSPS) is 18.1. The van der Waals surface area contributed by atoms with E-state index < -0.39 is 27.4 Å². The summed E-state index contributed by atoms with van der Waals surface area (Å²) in [5.74, 6) is -0.170. The predicted molar refractivity (Wildman–Crippen MR) is 127 cm³/mol. The van der Waals surface area contributed by atoms with Gasteiger partial charge in [-0.1, -0.05) is 34.8 Å². The van der Waals surface area contributed by atoms with E-state index >= 15 is 0 Å². The summed E-state index contributed by atoms with van der Waals surface area (Å²) in [5, 5.41) is 9.79. The van der Waals surface area contributed by atoms with E-state index in [-0.39, 0.29) is 15.6 Å². The molecule has 3 rings (SSSR count). The highest BCUT2D eigenvalue weighted by Crippen LogP contribution is 2.36. The summed E-state index contributed by atoms with van der Waals surface area (Å²) >= 11 is 19.8. The van der Waals surface area contributed by atoms with Crippen molar-refractivity contribution in [2.75, 3.05) is 23.1 Å². The molecule has 168 valence electrons. The molecule has 1 fully saturated rings. The first-order valence-electron chi connectivity index (χ1n) is 9.45. The number of thioether (sulfide) groups is 1. The molecule has 1 heterocycles. The summed E-state index contributed by atoms with van der Waals surface area (Å²) in [4.78, 5) is 13.4. The molecule has 6 nitrogen and oxygen atoms in total. The van der Waals surface area contributed by atoms with Crippen molar-refractivity contribution in [3.8, 4) is 0 Å². The molecule has 2 aromatic carbocycles. The van der Waals surface area contributed by atoms with E-state index in [1.165, 1.54) is 46.4 Å². The van der Waals surface area contributed by atoms with Gasteiger partial charge in [0.15, 0.2) is 5.37 Å². The van der Waals surface area contributed by atoms with Gasteiger partial charge in [-0.2, -0.15) is 0 Å². The average molecular weight is 524 g/mol. The number of sulfonamides is 1. The molecule has 0 aliphatic carbocycles. The maximum absolute atomic E-state index is 13.6. The van der Waals surface area contributed by atoms with E-state index in [0.29, 0.717) is 29.6 Å². The Labute approximate surface area is 201 Å². The molecule has 1 N–H and O–H groups in total. The van der Waals surface area contributed by atoms with Crippen LogP contribution in [0.5, 0.6) is 0 Å². The summed E-state index contributed by atoms with van der Waals surface area (Å²) in [6.07, 6.45) is 0.403. The van der Waals surface area contributed by atoms with Crippen LogP contribution in [0.15, 0.2) is 47.4 Å². The Morgan fingerprint density at radius 3 is 2.48 bits per heavy atom. The van der Waals surface area contributed by atoms with Gasteiger partial charge in [0, 0.05) is 34.9 Å². The zero-order chi connectivity index (χ0) is 22.8. The number of carbonyl (C=O) groups is 1. The first-order chi connectivity index (χ1) is 14.6. The number of nitrogens with zero attached hydrogens (tertiary/aromatic N) is 2. The minimum absolute atomic E-state index is 0.0694. The Morgan fingerprint density at radius 1 is 1.19 bits per heavy atom. The van der Waals surface area contributed by atoms with Gasteiger partial charge < -0.3 is 5.11 Å². The third-order valence-corrected chi connectivity index (χ3v) is 8.93. The fraction of sp³-hybridized carbons (Fsp3) is 0.350. The molecule has 2 aromatic rings. The Morgan fingerprint density at radius 2 is 1.84 bits per heavy atom. The number of carboxylic acids is 1. The smallest absolute Gasteiger partial charge is 0.331 e. The van der Waals surface area contributed by atoms with Crippen molar-refractivity contribution in [3.63, 3.8) is 0 Å². The van der Waals surface area contributed by atoms with Crippen LogP contribution in [0.25, 0.3) is 0 Å². The number of benzene rings is 2. The minimum Gasteiger partial charge on any atom is -0.479 e. The van der Waals surface area contributed by atoms with Gasteiger partial charge >= 0.3 is 5.97 Å². The number of hydrogen-bond acceptors (Lipinski definition) is 5. The van der Waals surface area contributed by atoms with Crippen LogP contribution in [-0.2, 0) is 14.8 Å². The molecule has 0 saturated carbocycles. The molecule has 1 unspecified atom stereocenters. The number of aliphatic carboxylic acids is 1. The maximum Gasteiger partial charge on any atom is 0.331 e. The highest BCUT2D eigenvalue weighted by Gasteiger charge is 2.34. The lowest BCUT2D eigenvalue weighted by molar-refractivity contribution is -0.139. The number of anilines is 1. The highest BCUT2D eigenvalue weighted by atomic mass is 35.5. The van der Waals surface area contributed by atoms with Crippen LogP contribution in [-0.4, -0.2) is 54.7 Å². The van der Waals surface area contributed by atoms with E-state index in [4.69, 9.17) is 34.8 Å². The monoisotopic (exact) mass is 522 g/mol. The van der Waals surface area contributed by atoms with E-state index in [1.54, 1.807) is 19.1 Å². The molecule has 0 radical (unpaired) electrons. The van der Waals surface area contributed by atoms with Gasteiger partial charge in [0.25, 0.3) is 10.0 Å². The number of hydrogen-bond donors (Lipinski definition) is 1. The molecule has 1 saturated heterocycles. The standard InChI is InChI=1S/C20H21Cl3N2O4S2/c1-13(8-9-24-10-11-30-19(24)20(26)27)25(18-12-15(22)4-7-17(18)23)31(28,29)16-5-2-14(21)3-6-16/h2-7,12-13,19H,8-11H2,1H3,(H,26,27)/t13-,19?/m1/s1. The molecular weight excluding hydrogens is 503 g/mol. The average Bonchev–Trinajstić information content (AvgIpc) is 3.18. The van der Waals surface area contributed by atoms with Crippen molar-refractivity contribution in [3.05, 3.63) is 57.5 Å². The van der Waals surface area contributed by atoms with Crippen molar-refractivity contribution >= 4 is 68.2 Å². The SMILES string of the molecule is C[C@H](CCN1CCSC1C(=O)O)N(c1cc(Cl)ccc1Cl)S(=O)(=O)c1ccc(Cl)cc1. The first kappa shape index (κ1) is 24.5. The lowest BCUT2D eigenvalue weighted by Gasteiger charge is -2.32. The van der Waals surface area contributed by atoms with E-state index in [9.17, 15) is 18.3 Å². The minimum atomic E-state index is -3.99. The van der Waals surface area contributed by atoms with Crippen LogP contribution in [0.4, 0.5) is 5.69 Å². The van der Waals surface area contributed by atoms with Gasteiger partial charge in [-0.05, 0) is 55.8 Å². The Bertz CT molecular complexity index is 1050. The van der Waals surface area contributed by atoms with Gasteiger partial charge in [-0.25, -0.2) is 13.2 Å². The Balaban J connectivity index is 1.95. The fourth-order valence-corrected chi connectivity index (χ4v) is 6.78.